The molecule has 2 N–H and O–H groups in total. The molecule has 0 aliphatic carbocycles. The summed E-state index contributed by atoms with van der Waals surface area (Å²) in [6, 6.07) is 18.5. The first kappa shape index (κ1) is 19.6. The molecule has 3 aromatic rings. The Kier molecular flexibility index (Phi) is 5.85. The van der Waals surface area contributed by atoms with E-state index in [4.69, 9.17) is 10.00 Å². The van der Waals surface area contributed by atoms with Gasteiger partial charge in [0.2, 0.25) is 0 Å². The van der Waals surface area contributed by atoms with Crippen molar-refractivity contribution in [3.63, 3.8) is 0 Å². The molecule has 0 spiro atoms. The van der Waals surface area contributed by atoms with Crippen LogP contribution < -0.4 is 15.4 Å². The molecule has 0 fully saturated rings. The highest BCUT2D eigenvalue weighted by molar-refractivity contribution is 6.06. The Bertz CT molecular complexity index is 1100. The molecule has 1 aromatic heterocycles. The van der Waals surface area contributed by atoms with Crippen molar-refractivity contribution < 1.29 is 14.3 Å². The highest BCUT2D eigenvalue weighted by Gasteiger charge is 2.14. The maximum absolute atomic E-state index is 12.6. The van der Waals surface area contributed by atoms with Gasteiger partial charge in [-0.15, -0.1) is 0 Å². The van der Waals surface area contributed by atoms with Crippen molar-refractivity contribution in [3.05, 3.63) is 83.2 Å². The molecular formula is C22H18N4O3. The average molecular weight is 386 g/mol. The quantitative estimate of drug-likeness (QED) is 0.694. The van der Waals surface area contributed by atoms with E-state index in [1.165, 1.54) is 19.2 Å². The summed E-state index contributed by atoms with van der Waals surface area (Å²) >= 11 is 0. The topological polar surface area (TPSA) is 104 Å². The minimum atomic E-state index is -0.461. The molecule has 0 radical (unpaired) electrons. The van der Waals surface area contributed by atoms with Gasteiger partial charge in [0.05, 0.1) is 24.4 Å². The van der Waals surface area contributed by atoms with Gasteiger partial charge in [-0.05, 0) is 61.0 Å². The number of nitrogens with one attached hydrogen (secondary N) is 2. The second kappa shape index (κ2) is 8.67. The summed E-state index contributed by atoms with van der Waals surface area (Å²) in [4.78, 5) is 29.2. The molecule has 7 heteroatoms. The van der Waals surface area contributed by atoms with Gasteiger partial charge in [-0.25, -0.2) is 4.98 Å². The van der Waals surface area contributed by atoms with E-state index in [2.05, 4.69) is 15.6 Å². The number of aromatic nitrogens is 1. The summed E-state index contributed by atoms with van der Waals surface area (Å²) in [5, 5.41) is 14.3. The molecule has 1 heterocycles. The standard InChI is InChI=1S/C22H18N4O3/c1-14-6-11-20(29-2)19(12-14)26-22(28)18-5-3-4-17(25-18)21(27)24-16-9-7-15(13-23)8-10-16/h3-12H,1-2H3,(H,24,27)(H,26,28). The molecule has 0 saturated heterocycles. The van der Waals surface area contributed by atoms with Gasteiger partial charge in [0.1, 0.15) is 17.1 Å². The minimum absolute atomic E-state index is 0.0956. The van der Waals surface area contributed by atoms with E-state index in [1.54, 1.807) is 42.5 Å². The van der Waals surface area contributed by atoms with Crippen molar-refractivity contribution in [3.8, 4) is 11.8 Å². The summed E-state index contributed by atoms with van der Waals surface area (Å²) in [6.45, 7) is 1.90. The first-order valence-electron chi connectivity index (χ1n) is 8.74. The maximum Gasteiger partial charge on any atom is 0.274 e. The lowest BCUT2D eigenvalue weighted by molar-refractivity contribution is 0.101. The van der Waals surface area contributed by atoms with Gasteiger partial charge in [-0.2, -0.15) is 5.26 Å². The maximum atomic E-state index is 12.6. The number of aryl methyl sites for hydroxylation is 1. The Morgan fingerprint density at radius 1 is 0.966 bits per heavy atom. The molecule has 29 heavy (non-hydrogen) atoms. The van der Waals surface area contributed by atoms with Crippen LogP contribution in [-0.2, 0) is 0 Å². The molecule has 0 saturated carbocycles. The number of rotatable bonds is 5. The highest BCUT2D eigenvalue weighted by Crippen LogP contribution is 2.25. The number of nitrogens with zero attached hydrogens (tertiary/aromatic N) is 2. The van der Waals surface area contributed by atoms with E-state index in [0.29, 0.717) is 22.7 Å². The van der Waals surface area contributed by atoms with Gasteiger partial charge in [0.25, 0.3) is 11.8 Å². The van der Waals surface area contributed by atoms with Gasteiger partial charge in [-0.3, -0.25) is 9.59 Å². The number of amides is 2. The molecule has 0 bridgehead atoms. The van der Waals surface area contributed by atoms with Crippen LogP contribution in [0.25, 0.3) is 0 Å². The van der Waals surface area contributed by atoms with E-state index in [0.717, 1.165) is 5.56 Å². The molecule has 0 atom stereocenters. The number of carbonyl (C=O) groups is 2. The number of hydrogen-bond acceptors (Lipinski definition) is 5. The third kappa shape index (κ3) is 4.76. The zero-order chi connectivity index (χ0) is 20.8. The van der Waals surface area contributed by atoms with Crippen molar-refractivity contribution in [2.75, 3.05) is 17.7 Å². The van der Waals surface area contributed by atoms with E-state index >= 15 is 0 Å². The van der Waals surface area contributed by atoms with Crippen LogP contribution in [0.1, 0.15) is 32.1 Å². The van der Waals surface area contributed by atoms with Crippen LogP contribution in [0.3, 0.4) is 0 Å². The zero-order valence-electron chi connectivity index (χ0n) is 15.9. The van der Waals surface area contributed by atoms with Gasteiger partial charge in [0.15, 0.2) is 0 Å². The van der Waals surface area contributed by atoms with Crippen LogP contribution in [0.15, 0.2) is 60.7 Å². The van der Waals surface area contributed by atoms with E-state index in [9.17, 15) is 9.59 Å². The lowest BCUT2D eigenvalue weighted by Crippen LogP contribution is -2.18. The van der Waals surface area contributed by atoms with Gasteiger partial charge in [0, 0.05) is 5.69 Å². The Hall–Kier alpha value is -4.18. The largest absolute Gasteiger partial charge is 0.495 e. The summed E-state index contributed by atoms with van der Waals surface area (Å²) in [5.41, 5.74) is 2.69. The number of anilines is 2. The van der Waals surface area contributed by atoms with Crippen molar-refractivity contribution in [1.82, 2.24) is 4.98 Å². The summed E-state index contributed by atoms with van der Waals surface area (Å²) in [5.74, 6) is -0.391. The normalized spacial score (nSPS) is 9.97. The molecule has 2 amide bonds. The fraction of sp³-hybridized carbons (Fsp3) is 0.0909. The molecule has 0 aliphatic heterocycles. The Labute approximate surface area is 168 Å². The first-order chi connectivity index (χ1) is 14.0. The van der Waals surface area contributed by atoms with Crippen LogP contribution in [0.5, 0.6) is 5.75 Å². The number of pyridine rings is 1. The summed E-state index contributed by atoms with van der Waals surface area (Å²) in [7, 11) is 1.52. The number of benzene rings is 2. The second-order valence-electron chi connectivity index (χ2n) is 6.21. The predicted molar refractivity (Wildman–Crippen MR) is 109 cm³/mol. The number of nitriles is 1. The molecule has 7 nitrogen and oxygen atoms in total. The van der Waals surface area contributed by atoms with Crippen molar-refractivity contribution >= 4 is 23.2 Å². The fourth-order valence-electron chi connectivity index (χ4n) is 2.62. The van der Waals surface area contributed by atoms with Crippen molar-refractivity contribution in [2.24, 2.45) is 0 Å². The Morgan fingerprint density at radius 2 is 1.62 bits per heavy atom. The molecule has 0 unspecified atom stereocenters. The lowest BCUT2D eigenvalue weighted by atomic mass is 10.2. The number of ether oxygens (including phenoxy) is 1. The molecule has 2 aromatic carbocycles. The van der Waals surface area contributed by atoms with Crippen LogP contribution in [0.4, 0.5) is 11.4 Å². The third-order valence-corrected chi connectivity index (χ3v) is 4.09. The third-order valence-electron chi connectivity index (χ3n) is 4.09. The zero-order valence-corrected chi connectivity index (χ0v) is 15.9. The summed E-state index contributed by atoms with van der Waals surface area (Å²) in [6.07, 6.45) is 0. The smallest absolute Gasteiger partial charge is 0.274 e. The Morgan fingerprint density at radius 3 is 2.24 bits per heavy atom. The Balaban J connectivity index is 1.76. The SMILES string of the molecule is COc1ccc(C)cc1NC(=O)c1cccc(C(=O)Nc2ccc(C#N)cc2)n1. The number of hydrogen-bond donors (Lipinski definition) is 2. The molecule has 0 aliphatic rings. The summed E-state index contributed by atoms with van der Waals surface area (Å²) < 4.78 is 5.26. The van der Waals surface area contributed by atoms with Crippen LogP contribution in [0, 0.1) is 18.3 Å². The monoisotopic (exact) mass is 386 g/mol. The molecule has 3 rings (SSSR count). The van der Waals surface area contributed by atoms with E-state index in [-0.39, 0.29) is 11.4 Å². The minimum Gasteiger partial charge on any atom is -0.495 e. The number of methoxy groups -OCH3 is 1. The lowest BCUT2D eigenvalue weighted by Gasteiger charge is -2.11. The van der Waals surface area contributed by atoms with Gasteiger partial charge in [-0.1, -0.05) is 12.1 Å². The van der Waals surface area contributed by atoms with Crippen molar-refractivity contribution in [1.29, 1.82) is 5.26 Å². The van der Waals surface area contributed by atoms with Crippen LogP contribution >= 0.6 is 0 Å². The van der Waals surface area contributed by atoms with E-state index in [1.807, 2.05) is 19.1 Å². The highest BCUT2D eigenvalue weighted by atomic mass is 16.5. The fourth-order valence-corrected chi connectivity index (χ4v) is 2.62. The van der Waals surface area contributed by atoms with Crippen molar-refractivity contribution in [2.45, 2.75) is 6.92 Å². The van der Waals surface area contributed by atoms with Gasteiger partial charge < -0.3 is 15.4 Å². The van der Waals surface area contributed by atoms with E-state index < -0.39 is 11.8 Å². The molecule has 144 valence electrons. The predicted octanol–water partition coefficient (Wildman–Crippen LogP) is 3.77. The average Bonchev–Trinajstić information content (AvgIpc) is 2.74. The molecular weight excluding hydrogens is 368 g/mol. The number of carbonyl (C=O) groups excluding carboxylic acids is 2. The van der Waals surface area contributed by atoms with Gasteiger partial charge >= 0.3 is 0 Å². The van der Waals surface area contributed by atoms with Crippen LogP contribution in [-0.4, -0.2) is 23.9 Å². The van der Waals surface area contributed by atoms with Crippen LogP contribution in [0.2, 0.25) is 0 Å². The second-order valence-corrected chi connectivity index (χ2v) is 6.21. The first-order valence-corrected chi connectivity index (χ1v) is 8.74.